The van der Waals surface area contributed by atoms with E-state index < -0.39 is 5.97 Å². The van der Waals surface area contributed by atoms with E-state index in [1.165, 1.54) is 33.3 Å². The lowest BCUT2D eigenvalue weighted by Gasteiger charge is -2.15. The summed E-state index contributed by atoms with van der Waals surface area (Å²) in [5.74, 6) is 0.308. The summed E-state index contributed by atoms with van der Waals surface area (Å²) in [7, 11) is 2.85. The van der Waals surface area contributed by atoms with Crippen LogP contribution in [0.2, 0.25) is 0 Å². The minimum Gasteiger partial charge on any atom is -0.503 e. The molecule has 1 heterocycles. The molecule has 1 saturated heterocycles. The van der Waals surface area contributed by atoms with Gasteiger partial charge in [0, 0.05) is 6.54 Å². The Kier molecular flexibility index (Phi) is 9.52. The van der Waals surface area contributed by atoms with E-state index in [9.17, 15) is 4.79 Å². The first-order valence-electron chi connectivity index (χ1n) is 11.5. The molecule has 0 spiro atoms. The van der Waals surface area contributed by atoms with Gasteiger partial charge in [-0.15, -0.1) is 0 Å². The summed E-state index contributed by atoms with van der Waals surface area (Å²) in [6.45, 7) is 8.13. The van der Waals surface area contributed by atoms with Gasteiger partial charge in [0.1, 0.15) is 24.5 Å². The standard InChI is InChI=1S/C27H34N2O5/c1-20-16-26(21(2)15-23(20)17-28-34-14-13-29-11-7-8-12-29)33-18-22-9-5-6-10-24(22)25(19-31-3)27(30)32-4/h5-6,9-10,15-17,19H,7-8,11-14,18H2,1-4H3/b25-19+,28-17+. The van der Waals surface area contributed by atoms with E-state index in [0.29, 0.717) is 24.4 Å². The number of aryl methyl sites for hydroxylation is 2. The molecule has 7 heteroatoms. The van der Waals surface area contributed by atoms with Gasteiger partial charge in [-0.3, -0.25) is 4.90 Å². The fraction of sp³-hybridized carbons (Fsp3) is 0.407. The largest absolute Gasteiger partial charge is 0.503 e. The third-order valence-electron chi connectivity index (χ3n) is 5.86. The summed E-state index contributed by atoms with van der Waals surface area (Å²) >= 11 is 0. The number of carbonyl (C=O) groups is 1. The number of rotatable bonds is 11. The number of esters is 1. The Morgan fingerprint density at radius 2 is 1.85 bits per heavy atom. The first-order valence-corrected chi connectivity index (χ1v) is 11.5. The first-order chi connectivity index (χ1) is 16.5. The van der Waals surface area contributed by atoms with E-state index in [2.05, 4.69) is 10.1 Å². The molecule has 0 saturated carbocycles. The first kappa shape index (κ1) is 25.3. The molecule has 2 aromatic carbocycles. The van der Waals surface area contributed by atoms with Crippen LogP contribution in [-0.4, -0.2) is 57.5 Å². The van der Waals surface area contributed by atoms with E-state index in [4.69, 9.17) is 19.0 Å². The Hall–Kier alpha value is -3.32. The zero-order valence-electron chi connectivity index (χ0n) is 20.5. The van der Waals surface area contributed by atoms with Crippen LogP contribution in [0.5, 0.6) is 5.75 Å². The van der Waals surface area contributed by atoms with Crippen molar-refractivity contribution in [2.24, 2.45) is 5.16 Å². The number of oxime groups is 1. The van der Waals surface area contributed by atoms with Crippen LogP contribution in [0.25, 0.3) is 5.57 Å². The zero-order chi connectivity index (χ0) is 24.3. The minimum atomic E-state index is -0.465. The molecule has 2 aromatic rings. The predicted molar refractivity (Wildman–Crippen MR) is 133 cm³/mol. The number of ether oxygens (including phenoxy) is 3. The molecule has 0 bridgehead atoms. The van der Waals surface area contributed by atoms with E-state index in [1.54, 1.807) is 6.21 Å². The number of methoxy groups -OCH3 is 2. The molecule has 0 atom stereocenters. The van der Waals surface area contributed by atoms with Crippen LogP contribution >= 0.6 is 0 Å². The van der Waals surface area contributed by atoms with Crippen molar-refractivity contribution in [1.29, 1.82) is 0 Å². The highest BCUT2D eigenvalue weighted by molar-refractivity contribution is 6.16. The molecule has 1 aliphatic rings. The Morgan fingerprint density at radius 1 is 1.09 bits per heavy atom. The number of likely N-dealkylation sites (tertiary alicyclic amines) is 1. The smallest absolute Gasteiger partial charge is 0.341 e. The van der Waals surface area contributed by atoms with Crippen molar-refractivity contribution in [2.45, 2.75) is 33.3 Å². The molecule has 0 unspecified atom stereocenters. The molecule has 0 N–H and O–H groups in total. The Labute approximate surface area is 201 Å². The maximum absolute atomic E-state index is 12.2. The van der Waals surface area contributed by atoms with Gasteiger partial charge in [0.15, 0.2) is 0 Å². The van der Waals surface area contributed by atoms with Crippen LogP contribution in [0.4, 0.5) is 0 Å². The number of hydrogen-bond acceptors (Lipinski definition) is 7. The Morgan fingerprint density at radius 3 is 2.59 bits per heavy atom. The molecule has 1 aliphatic heterocycles. The topological polar surface area (TPSA) is 69.6 Å². The third-order valence-corrected chi connectivity index (χ3v) is 5.86. The number of carbonyl (C=O) groups excluding carboxylic acids is 1. The van der Waals surface area contributed by atoms with Crippen molar-refractivity contribution < 1.29 is 23.8 Å². The summed E-state index contributed by atoms with van der Waals surface area (Å²) < 4.78 is 16.1. The third kappa shape index (κ3) is 6.84. The van der Waals surface area contributed by atoms with E-state index >= 15 is 0 Å². The molecule has 0 radical (unpaired) electrons. The average molecular weight is 467 g/mol. The monoisotopic (exact) mass is 466 g/mol. The number of benzene rings is 2. The van der Waals surface area contributed by atoms with Gasteiger partial charge in [0.05, 0.1) is 26.7 Å². The van der Waals surface area contributed by atoms with Gasteiger partial charge in [-0.1, -0.05) is 29.4 Å². The summed E-state index contributed by atoms with van der Waals surface area (Å²) in [6.07, 6.45) is 5.70. The second-order valence-corrected chi connectivity index (χ2v) is 8.30. The lowest BCUT2D eigenvalue weighted by molar-refractivity contribution is -0.133. The van der Waals surface area contributed by atoms with Gasteiger partial charge in [0.25, 0.3) is 0 Å². The zero-order valence-corrected chi connectivity index (χ0v) is 20.5. The van der Waals surface area contributed by atoms with Crippen LogP contribution in [0, 0.1) is 13.8 Å². The van der Waals surface area contributed by atoms with E-state index in [0.717, 1.165) is 47.6 Å². The molecule has 0 aliphatic carbocycles. The molecule has 1 fully saturated rings. The van der Waals surface area contributed by atoms with E-state index in [1.807, 2.05) is 50.2 Å². The molecule has 0 amide bonds. The van der Waals surface area contributed by atoms with Gasteiger partial charge < -0.3 is 19.0 Å². The van der Waals surface area contributed by atoms with Gasteiger partial charge in [-0.25, -0.2) is 4.79 Å². The highest BCUT2D eigenvalue weighted by Gasteiger charge is 2.17. The van der Waals surface area contributed by atoms with Crippen molar-refractivity contribution in [1.82, 2.24) is 4.90 Å². The summed E-state index contributed by atoms with van der Waals surface area (Å²) in [4.78, 5) is 20.1. The van der Waals surface area contributed by atoms with E-state index in [-0.39, 0.29) is 0 Å². The van der Waals surface area contributed by atoms with Gasteiger partial charge in [-0.2, -0.15) is 0 Å². The molecule has 3 rings (SSSR count). The predicted octanol–water partition coefficient (Wildman–Crippen LogP) is 4.49. The summed E-state index contributed by atoms with van der Waals surface area (Å²) in [5, 5.41) is 4.15. The molecular formula is C27H34N2O5. The summed E-state index contributed by atoms with van der Waals surface area (Å²) in [6, 6.07) is 11.6. The minimum absolute atomic E-state index is 0.293. The second kappa shape index (κ2) is 12.8. The lowest BCUT2D eigenvalue weighted by atomic mass is 10.0. The van der Waals surface area contributed by atoms with Crippen molar-refractivity contribution in [3.05, 3.63) is 70.5 Å². The van der Waals surface area contributed by atoms with Gasteiger partial charge >= 0.3 is 5.97 Å². The summed E-state index contributed by atoms with van der Waals surface area (Å²) in [5.41, 5.74) is 4.92. The van der Waals surface area contributed by atoms with Crippen molar-refractivity contribution in [2.75, 3.05) is 40.5 Å². The molecule has 0 aromatic heterocycles. The second-order valence-electron chi connectivity index (χ2n) is 8.30. The molecule has 34 heavy (non-hydrogen) atoms. The quantitative estimate of drug-likeness (QED) is 0.121. The SMILES string of the molecule is CO/C=C(/C(=O)OC)c1ccccc1COc1cc(C)c(/C=N/OCCN2CCCC2)cc1C. The highest BCUT2D eigenvalue weighted by atomic mass is 16.6. The van der Waals surface area contributed by atoms with Gasteiger partial charge in [-0.05, 0) is 79.7 Å². The van der Waals surface area contributed by atoms with Gasteiger partial charge in [0.2, 0.25) is 0 Å². The normalized spacial score (nSPS) is 14.4. The fourth-order valence-electron chi connectivity index (χ4n) is 3.94. The fourth-order valence-corrected chi connectivity index (χ4v) is 3.94. The average Bonchev–Trinajstić information content (AvgIpc) is 3.36. The lowest BCUT2D eigenvalue weighted by Crippen LogP contribution is -2.23. The molecule has 182 valence electrons. The van der Waals surface area contributed by atoms with Crippen LogP contribution in [0.1, 0.15) is 40.7 Å². The maximum atomic E-state index is 12.2. The van der Waals surface area contributed by atoms with Crippen LogP contribution in [0.3, 0.4) is 0 Å². The van der Waals surface area contributed by atoms with Crippen molar-refractivity contribution >= 4 is 17.8 Å². The number of hydrogen-bond donors (Lipinski definition) is 0. The Bertz CT molecular complexity index is 1030. The highest BCUT2D eigenvalue weighted by Crippen LogP contribution is 2.26. The van der Waals surface area contributed by atoms with Crippen molar-refractivity contribution in [3.8, 4) is 5.75 Å². The number of nitrogens with zero attached hydrogens (tertiary/aromatic N) is 2. The van der Waals surface area contributed by atoms with Crippen molar-refractivity contribution in [3.63, 3.8) is 0 Å². The molecular weight excluding hydrogens is 432 g/mol. The Balaban J connectivity index is 1.64. The van der Waals surface area contributed by atoms with Crippen LogP contribution in [0.15, 0.2) is 47.8 Å². The molecule has 7 nitrogen and oxygen atoms in total. The van der Waals surface area contributed by atoms with Crippen LogP contribution in [-0.2, 0) is 25.7 Å². The van der Waals surface area contributed by atoms with Crippen LogP contribution < -0.4 is 4.74 Å². The maximum Gasteiger partial charge on any atom is 0.341 e.